The standard InChI is InChI=1S/C21H18ClNO2.C4H10O/c1-12-10-19-16(8-9-18(23-19)13-2-3-13)21(17(12)11-20(24)25)14-4-6-15(22)7-5-14;1-4(2,3)5/h4-10,13H,2-3,11H2,1H3,(H,24,25);5H,1-3H3. The van der Waals surface area contributed by atoms with Crippen LogP contribution in [-0.4, -0.2) is 26.8 Å². The zero-order chi connectivity index (χ0) is 22.1. The number of aliphatic carboxylic acids is 1. The molecule has 1 fully saturated rings. The summed E-state index contributed by atoms with van der Waals surface area (Å²) in [5.41, 5.74) is 5.28. The number of aliphatic hydroxyl groups is 1. The summed E-state index contributed by atoms with van der Waals surface area (Å²) in [4.78, 5) is 16.3. The zero-order valence-electron chi connectivity index (χ0n) is 17.9. The van der Waals surface area contributed by atoms with Crippen molar-refractivity contribution in [2.45, 2.75) is 58.5 Å². The summed E-state index contributed by atoms with van der Waals surface area (Å²) in [6.07, 6.45) is 2.40. The third-order valence-corrected chi connectivity index (χ3v) is 5.06. The first-order valence-electron chi connectivity index (χ1n) is 10.2. The lowest BCUT2D eigenvalue weighted by Crippen LogP contribution is -2.10. The number of nitrogens with zero attached hydrogens (tertiary/aromatic N) is 1. The fraction of sp³-hybridized carbons (Fsp3) is 0.360. The van der Waals surface area contributed by atoms with Crippen molar-refractivity contribution < 1.29 is 15.0 Å². The topological polar surface area (TPSA) is 70.4 Å². The van der Waals surface area contributed by atoms with Gasteiger partial charge in [0.05, 0.1) is 17.5 Å². The predicted molar refractivity (Wildman–Crippen MR) is 122 cm³/mol. The number of carbonyl (C=O) groups is 1. The Morgan fingerprint density at radius 1 is 1.13 bits per heavy atom. The van der Waals surface area contributed by atoms with E-state index in [-0.39, 0.29) is 6.42 Å². The van der Waals surface area contributed by atoms with Gasteiger partial charge in [0, 0.05) is 22.0 Å². The summed E-state index contributed by atoms with van der Waals surface area (Å²) < 4.78 is 0. The summed E-state index contributed by atoms with van der Waals surface area (Å²) >= 11 is 6.03. The van der Waals surface area contributed by atoms with Crippen molar-refractivity contribution in [2.24, 2.45) is 0 Å². The molecule has 4 nitrogen and oxygen atoms in total. The molecule has 1 aliphatic rings. The molecule has 0 spiro atoms. The minimum atomic E-state index is -0.833. The van der Waals surface area contributed by atoms with Crippen molar-refractivity contribution in [1.29, 1.82) is 0 Å². The average molecular weight is 426 g/mol. The van der Waals surface area contributed by atoms with E-state index in [0.29, 0.717) is 10.9 Å². The summed E-state index contributed by atoms with van der Waals surface area (Å²) in [6, 6.07) is 13.7. The van der Waals surface area contributed by atoms with Crippen molar-refractivity contribution in [3.05, 3.63) is 64.3 Å². The molecule has 0 saturated heterocycles. The number of carboxylic acids is 1. The number of halogens is 1. The molecule has 0 aliphatic heterocycles. The van der Waals surface area contributed by atoms with Crippen molar-refractivity contribution in [3.8, 4) is 11.1 Å². The van der Waals surface area contributed by atoms with Gasteiger partial charge in [-0.1, -0.05) is 29.8 Å². The molecule has 0 unspecified atom stereocenters. The van der Waals surface area contributed by atoms with Crippen LogP contribution < -0.4 is 0 Å². The monoisotopic (exact) mass is 425 g/mol. The van der Waals surface area contributed by atoms with Gasteiger partial charge in [0.25, 0.3) is 0 Å². The van der Waals surface area contributed by atoms with Gasteiger partial charge in [-0.05, 0) is 87.1 Å². The van der Waals surface area contributed by atoms with E-state index in [9.17, 15) is 9.90 Å². The number of aromatic nitrogens is 1. The molecule has 2 N–H and O–H groups in total. The Balaban J connectivity index is 0.000000461. The van der Waals surface area contributed by atoms with Gasteiger partial charge in [-0.15, -0.1) is 0 Å². The fourth-order valence-corrected chi connectivity index (χ4v) is 3.52. The summed E-state index contributed by atoms with van der Waals surface area (Å²) in [5, 5.41) is 19.5. The van der Waals surface area contributed by atoms with Crippen LogP contribution in [0.1, 0.15) is 56.4 Å². The van der Waals surface area contributed by atoms with Crippen LogP contribution in [0.3, 0.4) is 0 Å². The van der Waals surface area contributed by atoms with Crippen molar-refractivity contribution in [3.63, 3.8) is 0 Å². The van der Waals surface area contributed by atoms with Crippen LogP contribution >= 0.6 is 11.6 Å². The third-order valence-electron chi connectivity index (χ3n) is 4.80. The average Bonchev–Trinajstić information content (AvgIpc) is 3.46. The lowest BCUT2D eigenvalue weighted by Gasteiger charge is -2.16. The highest BCUT2D eigenvalue weighted by Crippen LogP contribution is 2.41. The molecule has 4 rings (SSSR count). The van der Waals surface area contributed by atoms with Gasteiger partial charge in [-0.25, -0.2) is 0 Å². The van der Waals surface area contributed by atoms with Crippen LogP contribution in [0.25, 0.3) is 22.0 Å². The molecule has 158 valence electrons. The predicted octanol–water partition coefficient (Wildman–Crippen LogP) is 6.15. The number of aryl methyl sites for hydroxylation is 1. The second-order valence-corrected chi connectivity index (χ2v) is 9.31. The Kier molecular flexibility index (Phi) is 6.49. The highest BCUT2D eigenvalue weighted by Gasteiger charge is 2.25. The molecule has 0 bridgehead atoms. The van der Waals surface area contributed by atoms with E-state index in [1.165, 1.54) is 12.8 Å². The maximum Gasteiger partial charge on any atom is 0.307 e. The van der Waals surface area contributed by atoms with Crippen LogP contribution in [0.2, 0.25) is 5.02 Å². The normalized spacial score (nSPS) is 13.7. The van der Waals surface area contributed by atoms with E-state index >= 15 is 0 Å². The number of fused-ring (bicyclic) bond motifs is 1. The Bertz CT molecular complexity index is 1060. The molecule has 3 aromatic rings. The molecule has 0 amide bonds. The van der Waals surface area contributed by atoms with Gasteiger partial charge >= 0.3 is 5.97 Å². The van der Waals surface area contributed by atoms with E-state index in [1.54, 1.807) is 20.8 Å². The molecular weight excluding hydrogens is 398 g/mol. The minimum Gasteiger partial charge on any atom is -0.481 e. The number of carboxylic acid groups (broad SMARTS) is 1. The summed E-state index contributed by atoms with van der Waals surface area (Å²) in [6.45, 7) is 7.19. The maximum atomic E-state index is 11.4. The fourth-order valence-electron chi connectivity index (χ4n) is 3.40. The number of hydrogen-bond acceptors (Lipinski definition) is 3. The van der Waals surface area contributed by atoms with E-state index in [0.717, 1.165) is 38.9 Å². The second-order valence-electron chi connectivity index (χ2n) is 8.87. The molecule has 0 radical (unpaired) electrons. The Hall–Kier alpha value is -2.43. The number of rotatable bonds is 4. The van der Waals surface area contributed by atoms with Gasteiger partial charge in [0.1, 0.15) is 0 Å². The molecule has 5 heteroatoms. The molecular formula is C25H28ClNO3. The van der Waals surface area contributed by atoms with Gasteiger partial charge < -0.3 is 10.2 Å². The highest BCUT2D eigenvalue weighted by atomic mass is 35.5. The molecule has 0 atom stereocenters. The van der Waals surface area contributed by atoms with Crippen LogP contribution in [0.5, 0.6) is 0 Å². The largest absolute Gasteiger partial charge is 0.481 e. The van der Waals surface area contributed by atoms with Crippen LogP contribution in [0.4, 0.5) is 0 Å². The first kappa shape index (κ1) is 22.3. The Labute approximate surface area is 182 Å². The van der Waals surface area contributed by atoms with E-state index in [1.807, 2.05) is 37.3 Å². The maximum absolute atomic E-state index is 11.4. The second kappa shape index (κ2) is 8.75. The molecule has 2 aromatic carbocycles. The lowest BCUT2D eigenvalue weighted by molar-refractivity contribution is -0.136. The Morgan fingerprint density at radius 2 is 1.73 bits per heavy atom. The summed E-state index contributed by atoms with van der Waals surface area (Å²) in [5.74, 6) is -0.248. The minimum absolute atomic E-state index is 0.00981. The quantitative estimate of drug-likeness (QED) is 0.526. The van der Waals surface area contributed by atoms with E-state index < -0.39 is 11.6 Å². The van der Waals surface area contributed by atoms with Gasteiger partial charge in [-0.3, -0.25) is 9.78 Å². The molecule has 1 heterocycles. The van der Waals surface area contributed by atoms with Gasteiger partial charge in [0.2, 0.25) is 0 Å². The number of benzene rings is 2. The SMILES string of the molecule is CC(C)(C)O.Cc1cc2nc(C3CC3)ccc2c(-c2ccc(Cl)cc2)c1CC(=O)O. The Morgan fingerprint density at radius 3 is 2.27 bits per heavy atom. The number of pyridine rings is 1. The van der Waals surface area contributed by atoms with Crippen LogP contribution in [-0.2, 0) is 11.2 Å². The molecule has 30 heavy (non-hydrogen) atoms. The molecule has 1 aromatic heterocycles. The van der Waals surface area contributed by atoms with Gasteiger partial charge in [-0.2, -0.15) is 0 Å². The molecule has 1 saturated carbocycles. The van der Waals surface area contributed by atoms with Crippen molar-refractivity contribution in [1.82, 2.24) is 4.98 Å². The van der Waals surface area contributed by atoms with E-state index in [2.05, 4.69) is 12.1 Å². The van der Waals surface area contributed by atoms with Crippen molar-refractivity contribution in [2.75, 3.05) is 0 Å². The lowest BCUT2D eigenvalue weighted by atomic mass is 9.90. The third kappa shape index (κ3) is 5.80. The van der Waals surface area contributed by atoms with Crippen LogP contribution in [0.15, 0.2) is 42.5 Å². The molecule has 1 aliphatic carbocycles. The van der Waals surface area contributed by atoms with Crippen molar-refractivity contribution >= 4 is 28.5 Å². The summed E-state index contributed by atoms with van der Waals surface area (Å²) in [7, 11) is 0. The van der Waals surface area contributed by atoms with Gasteiger partial charge in [0.15, 0.2) is 0 Å². The highest BCUT2D eigenvalue weighted by molar-refractivity contribution is 6.30. The zero-order valence-corrected chi connectivity index (χ0v) is 18.6. The first-order valence-corrected chi connectivity index (χ1v) is 10.5. The van der Waals surface area contributed by atoms with Crippen LogP contribution in [0, 0.1) is 6.92 Å². The first-order chi connectivity index (χ1) is 14.0. The number of hydrogen-bond donors (Lipinski definition) is 2. The smallest absolute Gasteiger partial charge is 0.307 e. The van der Waals surface area contributed by atoms with E-state index in [4.69, 9.17) is 21.7 Å².